The summed E-state index contributed by atoms with van der Waals surface area (Å²) >= 11 is 0. The van der Waals surface area contributed by atoms with Gasteiger partial charge in [-0.05, 0) is 57.4 Å². The van der Waals surface area contributed by atoms with Crippen molar-refractivity contribution in [3.8, 4) is 0 Å². The van der Waals surface area contributed by atoms with E-state index in [1.165, 1.54) is 14.0 Å². The molecule has 2 rings (SSSR count). The summed E-state index contributed by atoms with van der Waals surface area (Å²) in [6, 6.07) is 0. The SMILES string of the molecule is C=C(C(=O)OC)[C@H]1CC2=C(C)[C@@H](OC(=O)/C(C)=C\C)CC[C@]2(C)C[C@H]1OC(C)=O. The van der Waals surface area contributed by atoms with Crippen LogP contribution in [0.3, 0.4) is 0 Å². The van der Waals surface area contributed by atoms with Crippen molar-refractivity contribution in [2.75, 3.05) is 7.11 Å². The Bertz CT molecular complexity index is 774. The lowest BCUT2D eigenvalue weighted by molar-refractivity contribution is -0.154. The third-order valence-electron chi connectivity index (χ3n) is 6.39. The lowest BCUT2D eigenvalue weighted by atomic mass is 9.59. The molecule has 6 nitrogen and oxygen atoms in total. The molecule has 0 N–H and O–H groups in total. The van der Waals surface area contributed by atoms with Crippen LogP contribution >= 0.6 is 0 Å². The Kier molecular flexibility index (Phi) is 7.09. The predicted octanol–water partition coefficient (Wildman–Crippen LogP) is 4.05. The highest BCUT2D eigenvalue weighted by molar-refractivity contribution is 5.89. The third-order valence-corrected chi connectivity index (χ3v) is 6.39. The summed E-state index contributed by atoms with van der Waals surface area (Å²) in [5, 5.41) is 0. The first-order chi connectivity index (χ1) is 13.5. The van der Waals surface area contributed by atoms with Crippen LogP contribution in [0.15, 0.2) is 34.9 Å². The lowest BCUT2D eigenvalue weighted by Crippen LogP contribution is -2.45. The highest BCUT2D eigenvalue weighted by atomic mass is 16.5. The van der Waals surface area contributed by atoms with Gasteiger partial charge in [-0.1, -0.05) is 25.2 Å². The highest BCUT2D eigenvalue weighted by Crippen LogP contribution is 2.53. The van der Waals surface area contributed by atoms with E-state index < -0.39 is 12.1 Å². The summed E-state index contributed by atoms with van der Waals surface area (Å²) in [5.74, 6) is -1.56. The van der Waals surface area contributed by atoms with E-state index >= 15 is 0 Å². The van der Waals surface area contributed by atoms with Crippen molar-refractivity contribution in [3.63, 3.8) is 0 Å². The third kappa shape index (κ3) is 4.80. The quantitative estimate of drug-likeness (QED) is 0.298. The van der Waals surface area contributed by atoms with Crippen LogP contribution in [0.4, 0.5) is 0 Å². The Balaban J connectivity index is 2.38. The van der Waals surface area contributed by atoms with Gasteiger partial charge < -0.3 is 14.2 Å². The van der Waals surface area contributed by atoms with Crippen LogP contribution in [0, 0.1) is 11.3 Å². The average molecular weight is 405 g/mol. The maximum Gasteiger partial charge on any atom is 0.333 e. The fourth-order valence-electron chi connectivity index (χ4n) is 4.51. The molecular weight excluding hydrogens is 372 g/mol. The van der Waals surface area contributed by atoms with Crippen LogP contribution in [0.25, 0.3) is 0 Å². The van der Waals surface area contributed by atoms with E-state index in [4.69, 9.17) is 14.2 Å². The molecule has 0 aromatic carbocycles. The van der Waals surface area contributed by atoms with E-state index in [9.17, 15) is 14.4 Å². The van der Waals surface area contributed by atoms with E-state index in [-0.39, 0.29) is 29.4 Å². The Labute approximate surface area is 173 Å². The van der Waals surface area contributed by atoms with Crippen LogP contribution in [-0.4, -0.2) is 37.2 Å². The van der Waals surface area contributed by atoms with Crippen LogP contribution in [-0.2, 0) is 28.6 Å². The molecule has 0 unspecified atom stereocenters. The number of allylic oxidation sites excluding steroid dienone is 2. The summed E-state index contributed by atoms with van der Waals surface area (Å²) in [6.07, 6.45) is 3.63. The molecule has 0 spiro atoms. The van der Waals surface area contributed by atoms with Crippen LogP contribution in [0.5, 0.6) is 0 Å². The lowest BCUT2D eigenvalue weighted by Gasteiger charge is -2.48. The monoisotopic (exact) mass is 404 g/mol. The van der Waals surface area contributed by atoms with Gasteiger partial charge in [-0.3, -0.25) is 4.79 Å². The van der Waals surface area contributed by atoms with Gasteiger partial charge in [-0.25, -0.2) is 9.59 Å². The molecule has 0 amide bonds. The molecule has 1 saturated carbocycles. The van der Waals surface area contributed by atoms with Crippen molar-refractivity contribution >= 4 is 17.9 Å². The number of hydrogen-bond acceptors (Lipinski definition) is 6. The van der Waals surface area contributed by atoms with Gasteiger partial charge in [0.15, 0.2) is 0 Å². The zero-order chi connectivity index (χ0) is 21.9. The Morgan fingerprint density at radius 2 is 1.83 bits per heavy atom. The molecule has 160 valence electrons. The molecular formula is C23H32O6. The van der Waals surface area contributed by atoms with Crippen molar-refractivity contribution in [3.05, 3.63) is 34.9 Å². The molecule has 0 aliphatic heterocycles. The first kappa shape index (κ1) is 22.9. The smallest absolute Gasteiger partial charge is 0.333 e. The van der Waals surface area contributed by atoms with Gasteiger partial charge in [0.25, 0.3) is 0 Å². The summed E-state index contributed by atoms with van der Waals surface area (Å²) in [5.41, 5.74) is 2.85. The van der Waals surface area contributed by atoms with Crippen LogP contribution in [0.2, 0.25) is 0 Å². The fraction of sp³-hybridized carbons (Fsp3) is 0.609. The van der Waals surface area contributed by atoms with E-state index in [0.29, 0.717) is 30.4 Å². The first-order valence-corrected chi connectivity index (χ1v) is 10.0. The molecule has 0 radical (unpaired) electrons. The van der Waals surface area contributed by atoms with E-state index in [1.807, 2.05) is 6.92 Å². The standard InChI is InChI=1S/C23H32O6/c1-8-13(2)21(25)29-19-9-10-23(6)12-20(28-16(5)24)17(11-18(23)15(19)4)14(3)22(26)27-7/h8,17,19-20H,3,9-12H2,1-2,4-7H3/b13-8-/t17-,19+,20-,23-/m1/s1. The van der Waals surface area contributed by atoms with Crippen molar-refractivity contribution in [1.82, 2.24) is 0 Å². The van der Waals surface area contributed by atoms with Gasteiger partial charge >= 0.3 is 17.9 Å². The van der Waals surface area contributed by atoms with Crippen molar-refractivity contribution in [2.45, 2.75) is 72.5 Å². The second kappa shape index (κ2) is 8.97. The maximum absolute atomic E-state index is 12.3. The van der Waals surface area contributed by atoms with E-state index in [0.717, 1.165) is 17.6 Å². The molecule has 29 heavy (non-hydrogen) atoms. The summed E-state index contributed by atoms with van der Waals surface area (Å²) < 4.78 is 16.2. The highest BCUT2D eigenvalue weighted by Gasteiger charge is 2.48. The van der Waals surface area contributed by atoms with Crippen LogP contribution < -0.4 is 0 Å². The van der Waals surface area contributed by atoms with E-state index in [2.05, 4.69) is 13.5 Å². The van der Waals surface area contributed by atoms with Gasteiger partial charge in [0.05, 0.1) is 7.11 Å². The predicted molar refractivity (Wildman–Crippen MR) is 109 cm³/mol. The molecule has 2 aliphatic rings. The van der Waals surface area contributed by atoms with Gasteiger partial charge in [-0.15, -0.1) is 0 Å². The zero-order valence-corrected chi connectivity index (χ0v) is 18.3. The molecule has 4 atom stereocenters. The van der Waals surface area contributed by atoms with Gasteiger partial charge in [0.1, 0.15) is 12.2 Å². The fourth-order valence-corrected chi connectivity index (χ4v) is 4.51. The molecule has 0 aromatic rings. The topological polar surface area (TPSA) is 78.9 Å². The minimum atomic E-state index is -0.503. The summed E-state index contributed by atoms with van der Waals surface area (Å²) in [7, 11) is 1.31. The number of rotatable bonds is 5. The Morgan fingerprint density at radius 3 is 2.38 bits per heavy atom. The molecule has 2 aliphatic carbocycles. The summed E-state index contributed by atoms with van der Waals surface area (Å²) in [4.78, 5) is 36.1. The van der Waals surface area contributed by atoms with Gasteiger partial charge in [0.2, 0.25) is 0 Å². The van der Waals surface area contributed by atoms with Gasteiger partial charge in [0, 0.05) is 24.0 Å². The normalized spacial score (nSPS) is 29.6. The minimum absolute atomic E-state index is 0.185. The number of ether oxygens (including phenoxy) is 3. The number of carbonyl (C=O) groups is 3. The Hall–Kier alpha value is -2.37. The number of hydrogen-bond donors (Lipinski definition) is 0. The second-order valence-electron chi connectivity index (χ2n) is 8.31. The maximum atomic E-state index is 12.3. The summed E-state index contributed by atoms with van der Waals surface area (Å²) in [6.45, 7) is 13.0. The van der Waals surface area contributed by atoms with Gasteiger partial charge in [-0.2, -0.15) is 0 Å². The molecule has 0 saturated heterocycles. The molecule has 0 aromatic heterocycles. The van der Waals surface area contributed by atoms with Crippen molar-refractivity contribution < 1.29 is 28.6 Å². The molecule has 0 bridgehead atoms. The van der Waals surface area contributed by atoms with Crippen molar-refractivity contribution in [2.24, 2.45) is 11.3 Å². The molecule has 1 fully saturated rings. The largest absolute Gasteiger partial charge is 0.466 e. The first-order valence-electron chi connectivity index (χ1n) is 10.0. The Morgan fingerprint density at radius 1 is 1.17 bits per heavy atom. The number of methoxy groups -OCH3 is 1. The second-order valence-corrected chi connectivity index (χ2v) is 8.31. The zero-order valence-electron chi connectivity index (χ0n) is 18.3. The van der Waals surface area contributed by atoms with E-state index in [1.54, 1.807) is 19.9 Å². The van der Waals surface area contributed by atoms with Crippen LogP contribution in [0.1, 0.15) is 60.3 Å². The number of carbonyl (C=O) groups excluding carboxylic acids is 3. The average Bonchev–Trinajstić information content (AvgIpc) is 2.67. The number of fused-ring (bicyclic) bond motifs is 1. The number of esters is 3. The molecule has 6 heteroatoms. The van der Waals surface area contributed by atoms with Crippen molar-refractivity contribution in [1.29, 1.82) is 0 Å². The minimum Gasteiger partial charge on any atom is -0.466 e. The molecule has 0 heterocycles.